The molecule has 0 unspecified atom stereocenters. The molecule has 1 N–H and O–H groups in total. The van der Waals surface area contributed by atoms with Gasteiger partial charge in [-0.2, -0.15) is 0 Å². The van der Waals surface area contributed by atoms with E-state index < -0.39 is 10.0 Å². The summed E-state index contributed by atoms with van der Waals surface area (Å²) >= 11 is 3.49. The van der Waals surface area contributed by atoms with Crippen LogP contribution < -0.4 is 9.62 Å². The van der Waals surface area contributed by atoms with Gasteiger partial charge in [0.15, 0.2) is 0 Å². The Labute approximate surface area is 181 Å². The first-order chi connectivity index (χ1) is 13.7. The van der Waals surface area contributed by atoms with Crippen molar-refractivity contribution in [2.75, 3.05) is 11.4 Å². The van der Waals surface area contributed by atoms with Gasteiger partial charge < -0.3 is 4.90 Å². The molecular weight excluding hydrogens is 452 g/mol. The minimum Gasteiger partial charge on any atom is -0.309 e. The van der Waals surface area contributed by atoms with Crippen LogP contribution in [0.3, 0.4) is 0 Å². The van der Waals surface area contributed by atoms with E-state index in [1.165, 1.54) is 5.56 Å². The number of fused-ring (bicyclic) bond motifs is 1. The fourth-order valence-electron chi connectivity index (χ4n) is 3.55. The molecule has 156 valence electrons. The van der Waals surface area contributed by atoms with Gasteiger partial charge in [-0.15, -0.1) is 0 Å². The van der Waals surface area contributed by atoms with Gasteiger partial charge in [0, 0.05) is 29.2 Å². The predicted molar refractivity (Wildman–Crippen MR) is 120 cm³/mol. The molecule has 1 aliphatic rings. The van der Waals surface area contributed by atoms with Crippen LogP contribution in [0.1, 0.15) is 38.3 Å². The molecule has 1 heterocycles. The van der Waals surface area contributed by atoms with Crippen molar-refractivity contribution in [1.29, 1.82) is 0 Å². The first-order valence-electron chi connectivity index (χ1n) is 9.86. The van der Waals surface area contributed by atoms with E-state index in [4.69, 9.17) is 0 Å². The number of aryl methyl sites for hydroxylation is 1. The molecule has 3 rings (SSSR count). The monoisotopic (exact) mass is 478 g/mol. The van der Waals surface area contributed by atoms with Crippen LogP contribution in [0.5, 0.6) is 0 Å². The Kier molecular flexibility index (Phi) is 6.81. The third-order valence-corrected chi connectivity index (χ3v) is 7.00. The van der Waals surface area contributed by atoms with Gasteiger partial charge in [0.2, 0.25) is 15.9 Å². The lowest BCUT2D eigenvalue weighted by Crippen LogP contribution is -2.35. The van der Waals surface area contributed by atoms with E-state index in [0.717, 1.165) is 22.1 Å². The van der Waals surface area contributed by atoms with Crippen LogP contribution in [0.25, 0.3) is 0 Å². The smallest absolute Gasteiger partial charge is 0.240 e. The normalized spacial score (nSPS) is 16.3. The van der Waals surface area contributed by atoms with Crippen molar-refractivity contribution in [3.8, 4) is 0 Å². The van der Waals surface area contributed by atoms with Crippen LogP contribution in [0.4, 0.5) is 5.69 Å². The Balaban J connectivity index is 1.63. The number of amides is 1. The van der Waals surface area contributed by atoms with Gasteiger partial charge in [-0.05, 0) is 67.1 Å². The first-order valence-corrected chi connectivity index (χ1v) is 12.1. The number of sulfonamides is 1. The topological polar surface area (TPSA) is 66.5 Å². The number of hydrogen-bond donors (Lipinski definition) is 1. The fraction of sp³-hybridized carbons (Fsp3) is 0.409. The number of nitrogens with one attached hydrogen (secondary N) is 1. The number of carbonyl (C=O) groups excluding carboxylic acids is 1. The number of benzene rings is 2. The van der Waals surface area contributed by atoms with Crippen LogP contribution in [-0.4, -0.2) is 26.9 Å². The van der Waals surface area contributed by atoms with Gasteiger partial charge in [0.25, 0.3) is 0 Å². The molecule has 1 aliphatic heterocycles. The van der Waals surface area contributed by atoms with E-state index in [-0.39, 0.29) is 22.8 Å². The van der Waals surface area contributed by atoms with Gasteiger partial charge in [0.1, 0.15) is 0 Å². The predicted octanol–water partition coefficient (Wildman–Crippen LogP) is 4.29. The molecule has 0 fully saturated rings. The zero-order chi connectivity index (χ0) is 21.2. The zero-order valence-corrected chi connectivity index (χ0v) is 19.4. The summed E-state index contributed by atoms with van der Waals surface area (Å²) in [5.41, 5.74) is 3.12. The summed E-state index contributed by atoms with van der Waals surface area (Å²) in [4.78, 5) is 15.0. The lowest BCUT2D eigenvalue weighted by atomic mass is 10.1. The Morgan fingerprint density at radius 2 is 1.90 bits per heavy atom. The summed E-state index contributed by atoms with van der Waals surface area (Å²) in [7, 11) is -3.49. The van der Waals surface area contributed by atoms with Crippen LogP contribution in [0.15, 0.2) is 51.8 Å². The first kappa shape index (κ1) is 22.0. The van der Waals surface area contributed by atoms with Crippen LogP contribution >= 0.6 is 15.9 Å². The molecule has 0 spiro atoms. The van der Waals surface area contributed by atoms with Gasteiger partial charge in [-0.25, -0.2) is 13.1 Å². The van der Waals surface area contributed by atoms with Crippen molar-refractivity contribution in [1.82, 2.24) is 4.72 Å². The molecule has 0 aromatic heterocycles. The molecular formula is C22H27BrN2O3S. The Morgan fingerprint density at radius 1 is 1.21 bits per heavy atom. The average Bonchev–Trinajstić information content (AvgIpc) is 2.99. The SMILES string of the molecule is CC(C)CNS(=O)(=O)c1ccc(CCC(=O)N2c3ccc(Br)cc3C[C@H]2C)cc1. The average molecular weight is 479 g/mol. The summed E-state index contributed by atoms with van der Waals surface area (Å²) < 4.78 is 28.2. The summed E-state index contributed by atoms with van der Waals surface area (Å²) in [6.45, 7) is 6.39. The van der Waals surface area contributed by atoms with Gasteiger partial charge >= 0.3 is 0 Å². The third kappa shape index (κ3) is 5.27. The Bertz CT molecular complexity index is 988. The van der Waals surface area contributed by atoms with E-state index in [0.29, 0.717) is 19.4 Å². The van der Waals surface area contributed by atoms with Crippen LogP contribution in [-0.2, 0) is 27.7 Å². The van der Waals surface area contributed by atoms with Crippen molar-refractivity contribution in [2.45, 2.75) is 51.0 Å². The van der Waals surface area contributed by atoms with E-state index in [1.54, 1.807) is 24.3 Å². The number of nitrogens with zero attached hydrogens (tertiary/aromatic N) is 1. The Hall–Kier alpha value is -1.70. The Morgan fingerprint density at radius 3 is 2.55 bits per heavy atom. The van der Waals surface area contributed by atoms with E-state index in [1.807, 2.05) is 30.9 Å². The third-order valence-electron chi connectivity index (χ3n) is 5.07. The van der Waals surface area contributed by atoms with Gasteiger partial charge in [-0.3, -0.25) is 4.79 Å². The van der Waals surface area contributed by atoms with Crippen molar-refractivity contribution >= 4 is 37.5 Å². The molecule has 1 atom stereocenters. The van der Waals surface area contributed by atoms with Gasteiger partial charge in [-0.1, -0.05) is 41.9 Å². The number of halogens is 1. The molecule has 0 saturated heterocycles. The second-order valence-electron chi connectivity index (χ2n) is 7.98. The molecule has 1 amide bonds. The highest BCUT2D eigenvalue weighted by molar-refractivity contribution is 9.10. The standard InChI is InChI=1S/C22H27BrN2O3S/c1-15(2)14-24-29(27,28)20-8-4-17(5-9-20)6-11-22(26)25-16(3)12-18-13-19(23)7-10-21(18)25/h4-5,7-10,13,15-16,24H,6,11-12,14H2,1-3H3/t16-/m1/s1. The number of carbonyl (C=O) groups is 1. The van der Waals surface area contributed by atoms with Crippen molar-refractivity contribution in [3.63, 3.8) is 0 Å². The van der Waals surface area contributed by atoms with Crippen LogP contribution in [0, 0.1) is 5.92 Å². The molecule has 0 radical (unpaired) electrons. The molecule has 0 bridgehead atoms. The molecule has 29 heavy (non-hydrogen) atoms. The fourth-order valence-corrected chi connectivity index (χ4v) is 5.17. The number of anilines is 1. The molecule has 2 aromatic rings. The summed E-state index contributed by atoms with van der Waals surface area (Å²) in [6, 6.07) is 13.0. The van der Waals surface area contributed by atoms with Gasteiger partial charge in [0.05, 0.1) is 4.90 Å². The summed E-state index contributed by atoms with van der Waals surface area (Å²) in [6.07, 6.45) is 1.82. The van der Waals surface area contributed by atoms with E-state index in [2.05, 4.69) is 33.6 Å². The quantitative estimate of drug-likeness (QED) is 0.644. The molecule has 7 heteroatoms. The maximum absolute atomic E-state index is 12.9. The lowest BCUT2D eigenvalue weighted by molar-refractivity contribution is -0.118. The minimum atomic E-state index is -3.49. The maximum Gasteiger partial charge on any atom is 0.240 e. The van der Waals surface area contributed by atoms with E-state index in [9.17, 15) is 13.2 Å². The molecule has 5 nitrogen and oxygen atoms in total. The van der Waals surface area contributed by atoms with Crippen molar-refractivity contribution in [3.05, 3.63) is 58.1 Å². The molecule has 0 saturated carbocycles. The summed E-state index contributed by atoms with van der Waals surface area (Å²) in [5.74, 6) is 0.336. The van der Waals surface area contributed by atoms with Crippen molar-refractivity contribution in [2.24, 2.45) is 5.92 Å². The second kappa shape index (κ2) is 8.98. The zero-order valence-electron chi connectivity index (χ0n) is 17.0. The number of hydrogen-bond acceptors (Lipinski definition) is 3. The van der Waals surface area contributed by atoms with Crippen molar-refractivity contribution < 1.29 is 13.2 Å². The summed E-state index contributed by atoms with van der Waals surface area (Å²) in [5, 5.41) is 0. The highest BCUT2D eigenvalue weighted by atomic mass is 79.9. The lowest BCUT2D eigenvalue weighted by Gasteiger charge is -2.23. The maximum atomic E-state index is 12.9. The largest absolute Gasteiger partial charge is 0.309 e. The van der Waals surface area contributed by atoms with E-state index >= 15 is 0 Å². The highest BCUT2D eigenvalue weighted by Crippen LogP contribution is 2.34. The molecule has 2 aromatic carbocycles. The molecule has 0 aliphatic carbocycles. The van der Waals surface area contributed by atoms with Crippen LogP contribution in [0.2, 0.25) is 0 Å². The highest BCUT2D eigenvalue weighted by Gasteiger charge is 2.30. The number of rotatable bonds is 7. The second-order valence-corrected chi connectivity index (χ2v) is 10.7. The minimum absolute atomic E-state index is 0.0915.